The molecule has 20 heavy (non-hydrogen) atoms. The Morgan fingerprint density at radius 2 is 1.85 bits per heavy atom. The molecule has 0 aliphatic rings. The van der Waals surface area contributed by atoms with Gasteiger partial charge in [-0.25, -0.2) is 0 Å². The number of aliphatic carboxylic acids is 1. The summed E-state index contributed by atoms with van der Waals surface area (Å²) in [7, 11) is 0. The van der Waals surface area contributed by atoms with Crippen LogP contribution in [0, 0.1) is 20.8 Å². The lowest BCUT2D eigenvalue weighted by atomic mass is 10.1. The Bertz CT molecular complexity index is 511. The first-order chi connectivity index (χ1) is 9.31. The third kappa shape index (κ3) is 4.57. The van der Waals surface area contributed by atoms with Gasteiger partial charge in [-0.05, 0) is 44.4 Å². The first kappa shape index (κ1) is 16.0. The number of carbonyl (C=O) groups excluding carboxylic acids is 1. The lowest BCUT2D eigenvalue weighted by Crippen LogP contribution is -2.37. The SMILES string of the molecule is Cc1ccc(C)c(OCC(=O)N[C@H](C)CC(=O)O)c1C. The zero-order chi connectivity index (χ0) is 15.3. The van der Waals surface area contributed by atoms with Crippen LogP contribution in [-0.2, 0) is 9.59 Å². The van der Waals surface area contributed by atoms with Crippen molar-refractivity contribution < 1.29 is 19.4 Å². The van der Waals surface area contributed by atoms with Crippen LogP contribution in [0.3, 0.4) is 0 Å². The lowest BCUT2D eigenvalue weighted by molar-refractivity contribution is -0.137. The topological polar surface area (TPSA) is 75.6 Å². The van der Waals surface area contributed by atoms with Crippen LogP contribution in [0.15, 0.2) is 12.1 Å². The van der Waals surface area contributed by atoms with Crippen LogP contribution >= 0.6 is 0 Å². The number of benzene rings is 1. The Morgan fingerprint density at radius 1 is 1.25 bits per heavy atom. The summed E-state index contributed by atoms with van der Waals surface area (Å²) in [5.41, 5.74) is 3.08. The number of nitrogens with one attached hydrogen (secondary N) is 1. The average Bonchev–Trinajstić information content (AvgIpc) is 2.33. The summed E-state index contributed by atoms with van der Waals surface area (Å²) in [6.45, 7) is 7.39. The van der Waals surface area contributed by atoms with Crippen molar-refractivity contribution >= 4 is 11.9 Å². The molecule has 1 aromatic rings. The second-order valence-electron chi connectivity index (χ2n) is 5.01. The summed E-state index contributed by atoms with van der Waals surface area (Å²) < 4.78 is 5.56. The molecule has 0 heterocycles. The number of hydrogen-bond donors (Lipinski definition) is 2. The summed E-state index contributed by atoms with van der Waals surface area (Å²) in [5.74, 6) is -0.547. The molecular formula is C15H21NO4. The number of carboxylic acids is 1. The molecule has 0 aliphatic carbocycles. The molecule has 1 atom stereocenters. The summed E-state index contributed by atoms with van der Waals surface area (Å²) in [6, 6.07) is 3.54. The average molecular weight is 279 g/mol. The van der Waals surface area contributed by atoms with Gasteiger partial charge in [0.2, 0.25) is 0 Å². The fourth-order valence-corrected chi connectivity index (χ4v) is 1.91. The summed E-state index contributed by atoms with van der Waals surface area (Å²) in [4.78, 5) is 22.2. The van der Waals surface area contributed by atoms with E-state index in [0.29, 0.717) is 5.75 Å². The van der Waals surface area contributed by atoms with Crippen molar-refractivity contribution in [2.75, 3.05) is 6.61 Å². The molecule has 0 bridgehead atoms. The highest BCUT2D eigenvalue weighted by Gasteiger charge is 2.13. The molecule has 0 saturated carbocycles. The van der Waals surface area contributed by atoms with E-state index in [1.54, 1.807) is 6.92 Å². The van der Waals surface area contributed by atoms with Crippen molar-refractivity contribution in [2.24, 2.45) is 0 Å². The highest BCUT2D eigenvalue weighted by molar-refractivity contribution is 5.78. The Labute approximate surface area is 118 Å². The van der Waals surface area contributed by atoms with Crippen LogP contribution in [0.2, 0.25) is 0 Å². The Balaban J connectivity index is 2.57. The second-order valence-corrected chi connectivity index (χ2v) is 5.01. The molecule has 1 rings (SSSR count). The van der Waals surface area contributed by atoms with Crippen molar-refractivity contribution in [3.8, 4) is 5.75 Å². The van der Waals surface area contributed by atoms with Gasteiger partial charge in [0.1, 0.15) is 5.75 Å². The van der Waals surface area contributed by atoms with Crippen molar-refractivity contribution in [3.63, 3.8) is 0 Å². The van der Waals surface area contributed by atoms with E-state index in [1.807, 2.05) is 32.9 Å². The number of carbonyl (C=O) groups is 2. The molecule has 0 spiro atoms. The van der Waals surface area contributed by atoms with E-state index in [4.69, 9.17) is 9.84 Å². The first-order valence-corrected chi connectivity index (χ1v) is 6.52. The molecular weight excluding hydrogens is 258 g/mol. The second kappa shape index (κ2) is 6.93. The van der Waals surface area contributed by atoms with Gasteiger partial charge < -0.3 is 15.2 Å². The van der Waals surface area contributed by atoms with Gasteiger partial charge in [-0.3, -0.25) is 9.59 Å². The number of ether oxygens (including phenoxy) is 1. The maximum absolute atomic E-state index is 11.7. The van der Waals surface area contributed by atoms with Crippen LogP contribution in [0.5, 0.6) is 5.75 Å². The monoisotopic (exact) mass is 279 g/mol. The van der Waals surface area contributed by atoms with Crippen LogP contribution in [0.1, 0.15) is 30.0 Å². The fraction of sp³-hybridized carbons (Fsp3) is 0.467. The Kier molecular flexibility index (Phi) is 5.55. The zero-order valence-electron chi connectivity index (χ0n) is 12.3. The van der Waals surface area contributed by atoms with Gasteiger partial charge >= 0.3 is 5.97 Å². The highest BCUT2D eigenvalue weighted by Crippen LogP contribution is 2.25. The predicted octanol–water partition coefficient (Wildman–Crippen LogP) is 1.97. The van der Waals surface area contributed by atoms with Gasteiger partial charge in [-0.15, -0.1) is 0 Å². The Morgan fingerprint density at radius 3 is 2.45 bits per heavy atom. The number of hydrogen-bond acceptors (Lipinski definition) is 3. The minimum atomic E-state index is -0.941. The predicted molar refractivity (Wildman–Crippen MR) is 76.0 cm³/mol. The normalized spacial score (nSPS) is 11.8. The van der Waals surface area contributed by atoms with Gasteiger partial charge in [-0.1, -0.05) is 12.1 Å². The molecule has 0 aromatic heterocycles. The third-order valence-electron chi connectivity index (χ3n) is 3.11. The highest BCUT2D eigenvalue weighted by atomic mass is 16.5. The van der Waals surface area contributed by atoms with E-state index in [-0.39, 0.29) is 18.9 Å². The van der Waals surface area contributed by atoms with Crippen molar-refractivity contribution in [1.29, 1.82) is 0 Å². The van der Waals surface area contributed by atoms with E-state index in [9.17, 15) is 9.59 Å². The number of rotatable bonds is 6. The summed E-state index contributed by atoms with van der Waals surface area (Å²) in [6.07, 6.45) is -0.103. The maximum atomic E-state index is 11.7. The van der Waals surface area contributed by atoms with Crippen molar-refractivity contribution in [3.05, 3.63) is 28.8 Å². The van der Waals surface area contributed by atoms with Crippen molar-refractivity contribution in [1.82, 2.24) is 5.32 Å². The van der Waals surface area contributed by atoms with Gasteiger partial charge in [0, 0.05) is 6.04 Å². The quantitative estimate of drug-likeness (QED) is 0.834. The van der Waals surface area contributed by atoms with Gasteiger partial charge in [0.15, 0.2) is 6.61 Å². The maximum Gasteiger partial charge on any atom is 0.305 e. The minimum absolute atomic E-state index is 0.103. The zero-order valence-corrected chi connectivity index (χ0v) is 12.3. The molecule has 1 amide bonds. The van der Waals surface area contributed by atoms with Gasteiger partial charge in [-0.2, -0.15) is 0 Å². The van der Waals surface area contributed by atoms with E-state index >= 15 is 0 Å². The molecule has 5 nitrogen and oxygen atoms in total. The smallest absolute Gasteiger partial charge is 0.305 e. The number of aryl methyl sites for hydroxylation is 2. The van der Waals surface area contributed by atoms with E-state index in [0.717, 1.165) is 16.7 Å². The molecule has 1 aromatic carbocycles. The first-order valence-electron chi connectivity index (χ1n) is 6.52. The molecule has 110 valence electrons. The van der Waals surface area contributed by atoms with E-state index in [1.165, 1.54) is 0 Å². The largest absolute Gasteiger partial charge is 0.483 e. The van der Waals surface area contributed by atoms with Crippen LogP contribution in [-0.4, -0.2) is 29.6 Å². The Hall–Kier alpha value is -2.04. The fourth-order valence-electron chi connectivity index (χ4n) is 1.91. The summed E-state index contributed by atoms with van der Waals surface area (Å²) in [5, 5.41) is 11.2. The van der Waals surface area contributed by atoms with Crippen LogP contribution in [0.4, 0.5) is 0 Å². The molecule has 0 unspecified atom stereocenters. The minimum Gasteiger partial charge on any atom is -0.483 e. The van der Waals surface area contributed by atoms with Gasteiger partial charge in [0.25, 0.3) is 5.91 Å². The molecule has 0 aliphatic heterocycles. The lowest BCUT2D eigenvalue weighted by Gasteiger charge is -2.15. The van der Waals surface area contributed by atoms with E-state index in [2.05, 4.69) is 5.32 Å². The molecule has 0 fully saturated rings. The molecule has 2 N–H and O–H groups in total. The third-order valence-corrected chi connectivity index (χ3v) is 3.11. The van der Waals surface area contributed by atoms with E-state index < -0.39 is 12.0 Å². The number of carboxylic acid groups (broad SMARTS) is 1. The molecule has 0 radical (unpaired) electrons. The van der Waals surface area contributed by atoms with Gasteiger partial charge in [0.05, 0.1) is 6.42 Å². The van der Waals surface area contributed by atoms with Crippen LogP contribution in [0.25, 0.3) is 0 Å². The molecule has 0 saturated heterocycles. The van der Waals surface area contributed by atoms with Crippen LogP contribution < -0.4 is 10.1 Å². The standard InChI is InChI=1S/C15H21NO4/c1-9-5-6-10(2)15(12(9)4)20-8-13(17)16-11(3)7-14(18)19/h5-6,11H,7-8H2,1-4H3,(H,16,17)(H,18,19)/t11-/m1/s1. The number of amides is 1. The molecule has 5 heteroatoms. The van der Waals surface area contributed by atoms with Crippen molar-refractivity contribution in [2.45, 2.75) is 40.2 Å². The summed E-state index contributed by atoms with van der Waals surface area (Å²) >= 11 is 0.